The fraction of sp³-hybridized carbons (Fsp3) is 0.300. The maximum atomic E-state index is 12.5. The predicted molar refractivity (Wildman–Crippen MR) is 105 cm³/mol. The van der Waals surface area contributed by atoms with Crippen molar-refractivity contribution >= 4 is 32.8 Å². The van der Waals surface area contributed by atoms with Crippen LogP contribution in [-0.2, 0) is 19.6 Å². The number of carbonyl (C=O) groups is 1. The normalized spacial score (nSPS) is 17.1. The Bertz CT molecular complexity index is 1140. The van der Waals surface area contributed by atoms with E-state index in [4.69, 9.17) is 9.15 Å². The van der Waals surface area contributed by atoms with Gasteiger partial charge in [-0.15, -0.1) is 0 Å². The van der Waals surface area contributed by atoms with Gasteiger partial charge >= 0.3 is 5.97 Å². The van der Waals surface area contributed by atoms with E-state index in [-0.39, 0.29) is 12.5 Å². The molecule has 7 nitrogen and oxygen atoms in total. The van der Waals surface area contributed by atoms with Gasteiger partial charge in [0, 0.05) is 18.2 Å². The third kappa shape index (κ3) is 3.60. The lowest BCUT2D eigenvalue weighted by atomic mass is 10.1. The molecular formula is C20H20N2O5S. The van der Waals surface area contributed by atoms with Crippen molar-refractivity contribution in [1.29, 1.82) is 0 Å². The van der Waals surface area contributed by atoms with Crippen LogP contribution in [0.3, 0.4) is 0 Å². The Morgan fingerprint density at radius 1 is 1.21 bits per heavy atom. The quantitative estimate of drug-likeness (QED) is 0.611. The van der Waals surface area contributed by atoms with E-state index >= 15 is 0 Å². The van der Waals surface area contributed by atoms with Gasteiger partial charge < -0.3 is 9.15 Å². The monoisotopic (exact) mass is 400 g/mol. The van der Waals surface area contributed by atoms with Gasteiger partial charge in [-0.25, -0.2) is 13.4 Å². The molecule has 1 unspecified atom stereocenters. The highest BCUT2D eigenvalue weighted by atomic mass is 32.2. The van der Waals surface area contributed by atoms with Crippen LogP contribution in [-0.4, -0.2) is 38.3 Å². The van der Waals surface area contributed by atoms with Gasteiger partial charge in [-0.05, 0) is 25.5 Å². The third-order valence-corrected chi connectivity index (χ3v) is 5.90. The number of pyridine rings is 1. The molecule has 0 aliphatic carbocycles. The fourth-order valence-electron chi connectivity index (χ4n) is 3.31. The van der Waals surface area contributed by atoms with Crippen molar-refractivity contribution < 1.29 is 22.4 Å². The van der Waals surface area contributed by atoms with E-state index in [1.165, 1.54) is 10.5 Å². The van der Waals surface area contributed by atoms with Gasteiger partial charge in [0.1, 0.15) is 11.9 Å². The minimum atomic E-state index is -3.60. The lowest BCUT2D eigenvalue weighted by molar-refractivity contribution is -0.141. The van der Waals surface area contributed by atoms with Crippen LogP contribution in [0.2, 0.25) is 0 Å². The first-order chi connectivity index (χ1) is 13.3. The van der Waals surface area contributed by atoms with Crippen LogP contribution in [0.4, 0.5) is 5.69 Å². The molecule has 1 saturated heterocycles. The maximum absolute atomic E-state index is 12.5. The van der Waals surface area contributed by atoms with Crippen LogP contribution in [0.25, 0.3) is 22.4 Å². The smallest absolute Gasteiger partial charge is 0.306 e. The summed E-state index contributed by atoms with van der Waals surface area (Å²) in [5.74, 6) is 0.305. The van der Waals surface area contributed by atoms with E-state index in [1.54, 1.807) is 12.1 Å². The zero-order valence-corrected chi connectivity index (χ0v) is 16.4. The van der Waals surface area contributed by atoms with Gasteiger partial charge in [0.15, 0.2) is 0 Å². The molecule has 1 fully saturated rings. The van der Waals surface area contributed by atoms with Gasteiger partial charge in [-0.2, -0.15) is 0 Å². The summed E-state index contributed by atoms with van der Waals surface area (Å²) in [6, 6.07) is 11.3. The molecule has 0 amide bonds. The number of rotatable bonds is 5. The van der Waals surface area contributed by atoms with E-state index in [1.807, 2.05) is 31.2 Å². The molecule has 0 spiro atoms. The molecule has 4 rings (SSSR count). The highest BCUT2D eigenvalue weighted by Gasteiger charge is 2.30. The largest absolute Gasteiger partial charge is 0.460 e. The number of hydrogen-bond acceptors (Lipinski definition) is 6. The van der Waals surface area contributed by atoms with Crippen molar-refractivity contribution in [3.63, 3.8) is 0 Å². The van der Waals surface area contributed by atoms with Crippen molar-refractivity contribution in [3.8, 4) is 11.3 Å². The molecule has 146 valence electrons. The molecule has 0 N–H and O–H groups in total. The van der Waals surface area contributed by atoms with Gasteiger partial charge in [-0.3, -0.25) is 9.10 Å². The van der Waals surface area contributed by atoms with Crippen molar-refractivity contribution in [2.75, 3.05) is 17.1 Å². The second kappa shape index (κ2) is 6.94. The van der Waals surface area contributed by atoms with Gasteiger partial charge in [0.2, 0.25) is 15.7 Å². The summed E-state index contributed by atoms with van der Waals surface area (Å²) < 4.78 is 37.3. The molecular weight excluding hydrogens is 380 g/mol. The first-order valence-corrected chi connectivity index (χ1v) is 10.8. The number of fused-ring (bicyclic) bond motifs is 1. The highest BCUT2D eigenvalue weighted by Crippen LogP contribution is 2.34. The second-order valence-corrected chi connectivity index (χ2v) is 8.88. The van der Waals surface area contributed by atoms with E-state index < -0.39 is 16.1 Å². The first-order valence-electron chi connectivity index (χ1n) is 8.94. The number of carbonyl (C=O) groups excluding carboxylic acids is 1. The lowest BCUT2D eigenvalue weighted by Gasteiger charge is -2.25. The molecule has 1 aromatic carbocycles. The zero-order valence-electron chi connectivity index (χ0n) is 15.6. The molecule has 1 aliphatic rings. The van der Waals surface area contributed by atoms with Crippen LogP contribution in [0.15, 0.2) is 47.0 Å². The zero-order chi connectivity index (χ0) is 19.9. The second-order valence-electron chi connectivity index (χ2n) is 6.97. The third-order valence-electron chi connectivity index (χ3n) is 4.76. The van der Waals surface area contributed by atoms with Crippen molar-refractivity contribution in [3.05, 3.63) is 48.2 Å². The number of hydrogen-bond donors (Lipinski definition) is 0. The van der Waals surface area contributed by atoms with Gasteiger partial charge in [0.25, 0.3) is 0 Å². The number of aromatic nitrogens is 1. The molecule has 1 atom stereocenters. The predicted octanol–water partition coefficient (Wildman–Crippen LogP) is 3.27. The minimum Gasteiger partial charge on any atom is -0.460 e. The molecule has 3 aromatic rings. The Labute approximate surface area is 163 Å². The Balaban J connectivity index is 1.77. The standard InChI is InChI=1S/C20H20N2O5S/c1-13-3-5-14(6-4-13)18-11-16-17(9-10-21-20(16)27-18)22(28(2,24)25)12-15-7-8-19(23)26-15/h3-6,9-11,15H,7-8,12H2,1-2H3. The van der Waals surface area contributed by atoms with Crippen LogP contribution < -0.4 is 4.31 Å². The number of esters is 1. The molecule has 28 heavy (non-hydrogen) atoms. The van der Waals surface area contributed by atoms with E-state index in [2.05, 4.69) is 4.98 Å². The highest BCUT2D eigenvalue weighted by molar-refractivity contribution is 7.92. The maximum Gasteiger partial charge on any atom is 0.306 e. The number of benzene rings is 1. The average Bonchev–Trinajstić information content (AvgIpc) is 3.25. The number of cyclic esters (lactones) is 1. The molecule has 1 aliphatic heterocycles. The molecule has 3 heterocycles. The summed E-state index contributed by atoms with van der Waals surface area (Å²) in [4.78, 5) is 15.6. The number of nitrogens with zero attached hydrogens (tertiary/aromatic N) is 2. The first kappa shape index (κ1) is 18.5. The number of aryl methyl sites for hydroxylation is 1. The number of furan rings is 1. The average molecular weight is 400 g/mol. The Morgan fingerprint density at radius 3 is 2.61 bits per heavy atom. The van der Waals surface area contributed by atoms with Crippen molar-refractivity contribution in [1.82, 2.24) is 4.98 Å². The summed E-state index contributed by atoms with van der Waals surface area (Å²) in [6.07, 6.45) is 2.99. The summed E-state index contributed by atoms with van der Waals surface area (Å²) in [5, 5.41) is 0.591. The Kier molecular flexibility index (Phi) is 4.58. The number of ether oxygens (including phenoxy) is 1. The Morgan fingerprint density at radius 2 is 1.96 bits per heavy atom. The molecule has 0 saturated carbocycles. The van der Waals surface area contributed by atoms with Crippen LogP contribution in [0.5, 0.6) is 0 Å². The van der Waals surface area contributed by atoms with E-state index in [0.717, 1.165) is 17.4 Å². The minimum absolute atomic E-state index is 0.0642. The van der Waals surface area contributed by atoms with Crippen molar-refractivity contribution in [2.24, 2.45) is 0 Å². The number of anilines is 1. The summed E-state index contributed by atoms with van der Waals surface area (Å²) in [6.45, 7) is 2.07. The fourth-order valence-corrected chi connectivity index (χ4v) is 4.27. The molecule has 8 heteroatoms. The molecule has 2 aromatic heterocycles. The lowest BCUT2D eigenvalue weighted by Crippen LogP contribution is -2.37. The van der Waals surface area contributed by atoms with E-state index in [0.29, 0.717) is 35.4 Å². The van der Waals surface area contributed by atoms with Crippen LogP contribution >= 0.6 is 0 Å². The van der Waals surface area contributed by atoms with Crippen LogP contribution in [0.1, 0.15) is 18.4 Å². The Hall–Kier alpha value is -2.87. The van der Waals surface area contributed by atoms with Crippen molar-refractivity contribution in [2.45, 2.75) is 25.9 Å². The van der Waals surface area contributed by atoms with Gasteiger partial charge in [0.05, 0.1) is 23.9 Å². The van der Waals surface area contributed by atoms with Gasteiger partial charge in [-0.1, -0.05) is 29.8 Å². The summed E-state index contributed by atoms with van der Waals surface area (Å²) >= 11 is 0. The molecule has 0 radical (unpaired) electrons. The number of sulfonamides is 1. The SMILES string of the molecule is Cc1ccc(-c2cc3c(N(CC4CCC(=O)O4)S(C)(=O)=O)ccnc3o2)cc1. The molecule has 0 bridgehead atoms. The topological polar surface area (TPSA) is 89.7 Å². The van der Waals surface area contributed by atoms with Crippen LogP contribution in [0, 0.1) is 6.92 Å². The van der Waals surface area contributed by atoms with E-state index in [9.17, 15) is 13.2 Å². The summed E-state index contributed by atoms with van der Waals surface area (Å²) in [7, 11) is -3.60. The summed E-state index contributed by atoms with van der Waals surface area (Å²) in [5.41, 5.74) is 2.82.